The lowest BCUT2D eigenvalue weighted by atomic mass is 9.88. The molecule has 10 heteroatoms. The number of carbonyl (C=O) groups is 1. The molecule has 1 aromatic carbocycles. The summed E-state index contributed by atoms with van der Waals surface area (Å²) in [6.07, 6.45) is 11.3. The van der Waals surface area contributed by atoms with E-state index in [9.17, 15) is 10.1 Å². The Kier molecular flexibility index (Phi) is 10.4. The number of hydrogen-bond donors (Lipinski definition) is 0. The molecule has 6 rings (SSSR count). The molecule has 0 N–H and O–H groups in total. The van der Waals surface area contributed by atoms with Crippen LogP contribution in [0, 0.1) is 11.3 Å². The highest BCUT2D eigenvalue weighted by Crippen LogP contribution is 2.37. The zero-order chi connectivity index (χ0) is 32.0. The average Bonchev–Trinajstić information content (AvgIpc) is 3.54. The fourth-order valence-electron chi connectivity index (χ4n) is 7.84. The van der Waals surface area contributed by atoms with Crippen molar-refractivity contribution >= 4 is 17.4 Å². The number of amides is 1. The van der Waals surface area contributed by atoms with E-state index in [2.05, 4.69) is 52.0 Å². The van der Waals surface area contributed by atoms with Crippen LogP contribution in [0.1, 0.15) is 55.8 Å². The Balaban J connectivity index is 1.26. The van der Waals surface area contributed by atoms with Gasteiger partial charge in [0.25, 0.3) is 0 Å². The van der Waals surface area contributed by atoms with E-state index in [0.717, 1.165) is 63.3 Å². The number of para-hydroxylation sites is 1. The highest BCUT2D eigenvalue weighted by molar-refractivity contribution is 5.88. The normalized spacial score (nSPS) is 23.5. The highest BCUT2D eigenvalue weighted by Gasteiger charge is 2.35. The first kappa shape index (κ1) is 32.3. The van der Waals surface area contributed by atoms with Crippen LogP contribution in [0.2, 0.25) is 0 Å². The Morgan fingerprint density at radius 3 is 2.78 bits per heavy atom. The first-order valence-corrected chi connectivity index (χ1v) is 17.3. The fourth-order valence-corrected chi connectivity index (χ4v) is 7.84. The fraction of sp³-hybridized carbons (Fsp3) is 0.611. The number of anilines is 2. The lowest BCUT2D eigenvalue weighted by Crippen LogP contribution is -2.55. The summed E-state index contributed by atoms with van der Waals surface area (Å²) < 4.78 is 6.42. The standard InChI is InChI=1S/C36H50N8O2/c1-4-41-20-8-12-30(41)26-46-36-38-32-24-28(43-21-7-11-27-10-5-6-13-33(27)43)15-16-31(32)35(39-36)42-22-23-44(29(25-42)17-18-37)34(45)14-9-19-40(2)3/h5-6,9-10,13-14,28-30H,4,7-8,11-12,15-17,19-26H2,1-3H3/b14-9+/t28?,29-,30-/m0/s1. The molecule has 3 atom stereocenters. The van der Waals surface area contributed by atoms with Crippen LogP contribution in [0.25, 0.3) is 0 Å². The number of ether oxygens (including phenoxy) is 1. The van der Waals surface area contributed by atoms with Gasteiger partial charge in [0.2, 0.25) is 5.91 Å². The molecule has 1 aliphatic carbocycles. The number of carbonyl (C=O) groups excluding carboxylic acids is 1. The molecule has 0 bridgehead atoms. The first-order chi connectivity index (χ1) is 22.4. The van der Waals surface area contributed by atoms with E-state index < -0.39 is 0 Å². The van der Waals surface area contributed by atoms with Crippen LogP contribution < -0.4 is 14.5 Å². The van der Waals surface area contributed by atoms with Crippen molar-refractivity contribution in [3.05, 3.63) is 53.2 Å². The maximum absolute atomic E-state index is 13.2. The van der Waals surface area contributed by atoms with Crippen LogP contribution in [0.4, 0.5) is 11.5 Å². The molecule has 1 amide bonds. The molecule has 0 saturated carbocycles. The topological polar surface area (TPSA) is 92.1 Å². The number of likely N-dealkylation sites (tertiary alicyclic amines) is 1. The number of aromatic nitrogens is 2. The molecule has 4 aliphatic rings. The van der Waals surface area contributed by atoms with E-state index >= 15 is 0 Å². The minimum Gasteiger partial charge on any atom is -0.462 e. The minimum absolute atomic E-state index is 0.0304. The molecule has 4 heterocycles. The van der Waals surface area contributed by atoms with E-state index in [1.807, 2.05) is 30.0 Å². The summed E-state index contributed by atoms with van der Waals surface area (Å²) in [5.41, 5.74) is 5.09. The zero-order valence-electron chi connectivity index (χ0n) is 27.9. The van der Waals surface area contributed by atoms with Crippen LogP contribution in [0.3, 0.4) is 0 Å². The molecule has 2 fully saturated rings. The van der Waals surface area contributed by atoms with Gasteiger partial charge < -0.3 is 24.3 Å². The van der Waals surface area contributed by atoms with Crippen molar-refractivity contribution in [3.63, 3.8) is 0 Å². The van der Waals surface area contributed by atoms with E-state index in [4.69, 9.17) is 14.7 Å². The maximum Gasteiger partial charge on any atom is 0.318 e. The van der Waals surface area contributed by atoms with Crippen molar-refractivity contribution in [2.75, 3.05) is 76.3 Å². The van der Waals surface area contributed by atoms with Gasteiger partial charge in [0.15, 0.2) is 0 Å². The molecule has 246 valence electrons. The van der Waals surface area contributed by atoms with Gasteiger partial charge >= 0.3 is 6.01 Å². The second kappa shape index (κ2) is 14.8. The molecule has 10 nitrogen and oxygen atoms in total. The number of likely N-dealkylation sites (N-methyl/N-ethyl adjacent to an activating group) is 2. The number of rotatable bonds is 10. The molecule has 0 spiro atoms. The smallest absolute Gasteiger partial charge is 0.318 e. The van der Waals surface area contributed by atoms with Gasteiger partial charge in [-0.2, -0.15) is 15.2 Å². The summed E-state index contributed by atoms with van der Waals surface area (Å²) in [5.74, 6) is 0.895. The lowest BCUT2D eigenvalue weighted by Gasteiger charge is -2.43. The van der Waals surface area contributed by atoms with Gasteiger partial charge in [-0.05, 0) is 77.3 Å². The van der Waals surface area contributed by atoms with Crippen LogP contribution >= 0.6 is 0 Å². The third-order valence-electron chi connectivity index (χ3n) is 10.2. The van der Waals surface area contributed by atoms with E-state index in [0.29, 0.717) is 50.9 Å². The summed E-state index contributed by atoms with van der Waals surface area (Å²) in [7, 11) is 3.96. The predicted octanol–water partition coefficient (Wildman–Crippen LogP) is 3.70. The summed E-state index contributed by atoms with van der Waals surface area (Å²) in [4.78, 5) is 34.6. The zero-order valence-corrected chi connectivity index (χ0v) is 27.9. The molecular weight excluding hydrogens is 576 g/mol. The Morgan fingerprint density at radius 1 is 1.09 bits per heavy atom. The Bertz CT molecular complexity index is 1440. The third-order valence-corrected chi connectivity index (χ3v) is 10.2. The van der Waals surface area contributed by atoms with Gasteiger partial charge in [-0.15, -0.1) is 0 Å². The Morgan fingerprint density at radius 2 is 1.96 bits per heavy atom. The van der Waals surface area contributed by atoms with Crippen molar-refractivity contribution in [3.8, 4) is 12.1 Å². The number of nitrogens with zero attached hydrogens (tertiary/aromatic N) is 8. The summed E-state index contributed by atoms with van der Waals surface area (Å²) in [6, 6.07) is 12.2. The molecule has 46 heavy (non-hydrogen) atoms. The van der Waals surface area contributed by atoms with Gasteiger partial charge in [0, 0.05) is 68.6 Å². The largest absolute Gasteiger partial charge is 0.462 e. The molecule has 1 aromatic heterocycles. The Labute approximate surface area is 274 Å². The van der Waals surface area contributed by atoms with Crippen LogP contribution in [0.5, 0.6) is 6.01 Å². The first-order valence-electron chi connectivity index (χ1n) is 17.3. The summed E-state index contributed by atoms with van der Waals surface area (Å²) >= 11 is 0. The number of hydrogen-bond acceptors (Lipinski definition) is 9. The van der Waals surface area contributed by atoms with E-state index in [1.54, 1.807) is 6.08 Å². The van der Waals surface area contributed by atoms with Crippen molar-refractivity contribution in [2.24, 2.45) is 0 Å². The molecule has 2 saturated heterocycles. The Hall–Kier alpha value is -3.68. The second-order valence-electron chi connectivity index (χ2n) is 13.5. The molecular formula is C36H50N8O2. The monoisotopic (exact) mass is 626 g/mol. The number of nitriles is 1. The second-order valence-corrected chi connectivity index (χ2v) is 13.5. The quantitative estimate of drug-likeness (QED) is 0.366. The summed E-state index contributed by atoms with van der Waals surface area (Å²) in [6.45, 7) is 8.50. The molecule has 1 unspecified atom stereocenters. The lowest BCUT2D eigenvalue weighted by molar-refractivity contribution is -0.128. The van der Waals surface area contributed by atoms with Crippen molar-refractivity contribution < 1.29 is 9.53 Å². The van der Waals surface area contributed by atoms with Gasteiger partial charge in [-0.25, -0.2) is 0 Å². The number of benzene rings is 1. The van der Waals surface area contributed by atoms with Gasteiger partial charge in [-0.3, -0.25) is 9.69 Å². The maximum atomic E-state index is 13.2. The van der Waals surface area contributed by atoms with Crippen LogP contribution in [-0.2, 0) is 24.1 Å². The van der Waals surface area contributed by atoms with Crippen LogP contribution in [-0.4, -0.2) is 115 Å². The highest BCUT2D eigenvalue weighted by atomic mass is 16.5. The molecule has 2 aromatic rings. The predicted molar refractivity (Wildman–Crippen MR) is 181 cm³/mol. The van der Waals surface area contributed by atoms with E-state index in [-0.39, 0.29) is 18.4 Å². The minimum atomic E-state index is -0.206. The van der Waals surface area contributed by atoms with Crippen LogP contribution in [0.15, 0.2) is 36.4 Å². The van der Waals surface area contributed by atoms with Crippen molar-refractivity contribution in [1.29, 1.82) is 5.26 Å². The third kappa shape index (κ3) is 7.16. The average molecular weight is 627 g/mol. The SMILES string of the molecule is CCN1CCC[C@H]1COc1nc2c(c(N3CCN(C(=O)/C=C/CN(C)C)[C@@H](CC#N)C3)n1)CCC(N1CCCc3ccccc31)C2. The van der Waals surface area contributed by atoms with Crippen molar-refractivity contribution in [1.82, 2.24) is 24.7 Å². The molecule has 3 aliphatic heterocycles. The van der Waals surface area contributed by atoms with Gasteiger partial charge in [0.1, 0.15) is 12.4 Å². The molecule has 0 radical (unpaired) electrons. The van der Waals surface area contributed by atoms with Gasteiger partial charge in [-0.1, -0.05) is 31.2 Å². The van der Waals surface area contributed by atoms with Crippen molar-refractivity contribution in [2.45, 2.75) is 76.4 Å². The van der Waals surface area contributed by atoms with Gasteiger partial charge in [0.05, 0.1) is 24.2 Å². The number of aryl methyl sites for hydroxylation is 1. The van der Waals surface area contributed by atoms with E-state index in [1.165, 1.54) is 29.7 Å². The number of fused-ring (bicyclic) bond motifs is 2. The number of piperazine rings is 1. The summed E-state index contributed by atoms with van der Waals surface area (Å²) in [5, 5.41) is 9.71.